The summed E-state index contributed by atoms with van der Waals surface area (Å²) in [6.45, 7) is 1.97. The number of carbonyl (C=O) groups is 2. The molecule has 1 heterocycles. The van der Waals surface area contributed by atoms with Crippen LogP contribution in [0.25, 0.3) is 11.4 Å². The van der Waals surface area contributed by atoms with Crippen molar-refractivity contribution in [2.75, 3.05) is 0 Å². The van der Waals surface area contributed by atoms with Crippen LogP contribution in [0.1, 0.15) is 5.69 Å². The average Bonchev–Trinajstić information content (AvgIpc) is 2.76. The molecule has 0 spiro atoms. The van der Waals surface area contributed by atoms with Gasteiger partial charge in [-0.1, -0.05) is 23.7 Å². The van der Waals surface area contributed by atoms with E-state index in [1.165, 1.54) is 0 Å². The third-order valence-corrected chi connectivity index (χ3v) is 2.22. The molecule has 19 heavy (non-hydrogen) atoms. The SMILES string of the molecule is Cc1cnc(-c2cccc(Cl)c2)[nH]1.O=C(O)C(=O)O. The molecular weight excluding hydrogens is 272 g/mol. The first kappa shape index (κ1) is 14.7. The highest BCUT2D eigenvalue weighted by molar-refractivity contribution is 6.30. The third-order valence-electron chi connectivity index (χ3n) is 1.98. The summed E-state index contributed by atoms with van der Waals surface area (Å²) in [6, 6.07) is 7.63. The minimum absolute atomic E-state index is 0.728. The van der Waals surface area contributed by atoms with Gasteiger partial charge in [-0.05, 0) is 19.1 Å². The second kappa shape index (κ2) is 6.55. The van der Waals surface area contributed by atoms with Crippen LogP contribution in [-0.4, -0.2) is 32.1 Å². The van der Waals surface area contributed by atoms with Crippen LogP contribution in [0.3, 0.4) is 0 Å². The summed E-state index contributed by atoms with van der Waals surface area (Å²) in [6.07, 6.45) is 1.80. The van der Waals surface area contributed by atoms with Gasteiger partial charge in [-0.3, -0.25) is 0 Å². The maximum atomic E-state index is 9.10. The van der Waals surface area contributed by atoms with Crippen LogP contribution in [-0.2, 0) is 9.59 Å². The van der Waals surface area contributed by atoms with Gasteiger partial charge in [0.25, 0.3) is 0 Å². The minimum Gasteiger partial charge on any atom is -0.473 e. The first-order valence-electron chi connectivity index (χ1n) is 5.14. The average molecular weight is 283 g/mol. The van der Waals surface area contributed by atoms with Crippen LogP contribution >= 0.6 is 11.6 Å². The predicted octanol–water partition coefficient (Wildman–Crippen LogP) is 2.19. The molecule has 0 atom stereocenters. The molecular formula is C12H11ClN2O4. The summed E-state index contributed by atoms with van der Waals surface area (Å²) in [5.74, 6) is -2.79. The lowest BCUT2D eigenvalue weighted by Gasteiger charge is -1.96. The summed E-state index contributed by atoms with van der Waals surface area (Å²) in [4.78, 5) is 25.6. The number of aromatic amines is 1. The molecule has 6 nitrogen and oxygen atoms in total. The molecule has 0 saturated carbocycles. The Kier molecular flexibility index (Phi) is 5.08. The van der Waals surface area contributed by atoms with Crippen molar-refractivity contribution >= 4 is 23.5 Å². The van der Waals surface area contributed by atoms with Crippen molar-refractivity contribution in [1.82, 2.24) is 9.97 Å². The van der Waals surface area contributed by atoms with Crippen molar-refractivity contribution in [3.05, 3.63) is 41.2 Å². The van der Waals surface area contributed by atoms with Gasteiger partial charge in [0, 0.05) is 22.5 Å². The molecule has 2 aromatic rings. The molecule has 0 aliphatic carbocycles. The van der Waals surface area contributed by atoms with Gasteiger partial charge in [0.15, 0.2) is 0 Å². The predicted molar refractivity (Wildman–Crippen MR) is 69.0 cm³/mol. The highest BCUT2D eigenvalue weighted by atomic mass is 35.5. The molecule has 3 N–H and O–H groups in total. The number of H-pyrrole nitrogens is 1. The summed E-state index contributed by atoms with van der Waals surface area (Å²) < 4.78 is 0. The minimum atomic E-state index is -1.82. The molecule has 1 aromatic carbocycles. The van der Waals surface area contributed by atoms with Gasteiger partial charge >= 0.3 is 11.9 Å². The number of carboxylic acid groups (broad SMARTS) is 2. The number of hydrogen-bond acceptors (Lipinski definition) is 3. The van der Waals surface area contributed by atoms with Crippen LogP contribution in [0.4, 0.5) is 0 Å². The van der Waals surface area contributed by atoms with Gasteiger partial charge in [0.05, 0.1) is 0 Å². The van der Waals surface area contributed by atoms with Crippen molar-refractivity contribution in [3.8, 4) is 11.4 Å². The zero-order valence-corrected chi connectivity index (χ0v) is 10.7. The fourth-order valence-corrected chi connectivity index (χ4v) is 1.39. The number of imidazole rings is 1. The molecule has 0 amide bonds. The molecule has 2 rings (SSSR count). The normalized spacial score (nSPS) is 9.37. The molecule has 0 aliphatic rings. The monoisotopic (exact) mass is 282 g/mol. The molecule has 0 bridgehead atoms. The van der Waals surface area contributed by atoms with Gasteiger partial charge < -0.3 is 15.2 Å². The van der Waals surface area contributed by atoms with Gasteiger partial charge in [-0.25, -0.2) is 14.6 Å². The molecule has 1 aromatic heterocycles. The summed E-state index contributed by atoms with van der Waals surface area (Å²) in [5, 5.41) is 15.5. The zero-order valence-electron chi connectivity index (χ0n) is 9.92. The maximum absolute atomic E-state index is 9.10. The highest BCUT2D eigenvalue weighted by Crippen LogP contribution is 2.19. The van der Waals surface area contributed by atoms with E-state index in [0.29, 0.717) is 0 Å². The molecule has 100 valence electrons. The number of rotatable bonds is 1. The number of nitrogens with one attached hydrogen (secondary N) is 1. The maximum Gasteiger partial charge on any atom is 0.414 e. The van der Waals surface area contributed by atoms with E-state index in [1.54, 1.807) is 6.20 Å². The lowest BCUT2D eigenvalue weighted by Crippen LogP contribution is -2.09. The van der Waals surface area contributed by atoms with Crippen molar-refractivity contribution < 1.29 is 19.8 Å². The Hall–Kier alpha value is -2.34. The van der Waals surface area contributed by atoms with Gasteiger partial charge in [-0.15, -0.1) is 0 Å². The second-order valence-corrected chi connectivity index (χ2v) is 3.97. The Bertz CT molecular complexity index is 583. The van der Waals surface area contributed by atoms with E-state index in [0.717, 1.165) is 22.1 Å². The molecule has 0 unspecified atom stereocenters. The van der Waals surface area contributed by atoms with Crippen LogP contribution < -0.4 is 0 Å². The van der Waals surface area contributed by atoms with Crippen molar-refractivity contribution in [2.24, 2.45) is 0 Å². The lowest BCUT2D eigenvalue weighted by molar-refractivity contribution is -0.159. The van der Waals surface area contributed by atoms with Gasteiger partial charge in [0.1, 0.15) is 5.82 Å². The van der Waals surface area contributed by atoms with Gasteiger partial charge in [0.2, 0.25) is 0 Å². The Morgan fingerprint density at radius 3 is 2.32 bits per heavy atom. The Balaban J connectivity index is 0.000000258. The highest BCUT2D eigenvalue weighted by Gasteiger charge is 2.04. The quantitative estimate of drug-likeness (QED) is 0.696. The largest absolute Gasteiger partial charge is 0.473 e. The molecule has 0 saturated heterocycles. The van der Waals surface area contributed by atoms with E-state index in [4.69, 9.17) is 31.4 Å². The van der Waals surface area contributed by atoms with E-state index >= 15 is 0 Å². The van der Waals surface area contributed by atoms with Gasteiger partial charge in [-0.2, -0.15) is 0 Å². The molecule has 0 fully saturated rings. The number of benzene rings is 1. The summed E-state index contributed by atoms with van der Waals surface area (Å²) in [7, 11) is 0. The molecule has 7 heteroatoms. The number of aliphatic carboxylic acids is 2. The zero-order chi connectivity index (χ0) is 14.4. The van der Waals surface area contributed by atoms with Crippen LogP contribution in [0.5, 0.6) is 0 Å². The van der Waals surface area contributed by atoms with E-state index in [1.807, 2.05) is 31.2 Å². The topological polar surface area (TPSA) is 103 Å². The standard InChI is InChI=1S/C10H9ClN2.C2H2O4/c1-7-6-12-10(13-7)8-3-2-4-9(11)5-8;3-1(4)2(5)6/h2-6H,1H3,(H,12,13);(H,3,4)(H,5,6). The van der Waals surface area contributed by atoms with Crippen LogP contribution in [0, 0.1) is 6.92 Å². The lowest BCUT2D eigenvalue weighted by atomic mass is 10.2. The first-order chi connectivity index (χ1) is 8.90. The fourth-order valence-electron chi connectivity index (χ4n) is 1.20. The molecule has 0 aliphatic heterocycles. The van der Waals surface area contributed by atoms with E-state index in [2.05, 4.69) is 9.97 Å². The van der Waals surface area contributed by atoms with Crippen molar-refractivity contribution in [3.63, 3.8) is 0 Å². The van der Waals surface area contributed by atoms with E-state index in [-0.39, 0.29) is 0 Å². The fraction of sp³-hybridized carbons (Fsp3) is 0.0833. The number of aryl methyl sites for hydroxylation is 1. The van der Waals surface area contributed by atoms with Crippen molar-refractivity contribution in [2.45, 2.75) is 6.92 Å². The summed E-state index contributed by atoms with van der Waals surface area (Å²) in [5.41, 5.74) is 2.07. The number of halogens is 1. The number of hydrogen-bond donors (Lipinski definition) is 3. The first-order valence-corrected chi connectivity index (χ1v) is 5.51. The third kappa shape index (κ3) is 4.81. The summed E-state index contributed by atoms with van der Waals surface area (Å²) >= 11 is 5.86. The van der Waals surface area contributed by atoms with Crippen LogP contribution in [0.2, 0.25) is 5.02 Å². The number of aromatic nitrogens is 2. The Morgan fingerprint density at radius 1 is 1.26 bits per heavy atom. The Labute approximate surface area is 113 Å². The van der Waals surface area contributed by atoms with E-state index < -0.39 is 11.9 Å². The van der Waals surface area contributed by atoms with E-state index in [9.17, 15) is 0 Å². The second-order valence-electron chi connectivity index (χ2n) is 3.54. The Morgan fingerprint density at radius 2 is 1.89 bits per heavy atom. The van der Waals surface area contributed by atoms with Crippen LogP contribution in [0.15, 0.2) is 30.5 Å². The number of nitrogens with zero attached hydrogens (tertiary/aromatic N) is 1. The van der Waals surface area contributed by atoms with Crippen molar-refractivity contribution in [1.29, 1.82) is 0 Å². The molecule has 0 radical (unpaired) electrons. The smallest absolute Gasteiger partial charge is 0.414 e. The number of carboxylic acids is 2.